The summed E-state index contributed by atoms with van der Waals surface area (Å²) >= 11 is 0. The van der Waals surface area contributed by atoms with Gasteiger partial charge in [-0.15, -0.1) is 0 Å². The number of aromatic nitrogens is 3. The van der Waals surface area contributed by atoms with Gasteiger partial charge in [0.25, 0.3) is 0 Å². The van der Waals surface area contributed by atoms with Gasteiger partial charge in [0.05, 0.1) is 55.9 Å². The Kier molecular flexibility index (Phi) is 12.2. The number of carbonyl (C=O) groups is 3. The van der Waals surface area contributed by atoms with Gasteiger partial charge < -0.3 is 49.6 Å². The number of benzene rings is 2. The molecule has 15 heteroatoms. The van der Waals surface area contributed by atoms with Crippen molar-refractivity contribution in [2.45, 2.75) is 81.6 Å². The Bertz CT molecular complexity index is 1920. The van der Waals surface area contributed by atoms with Crippen molar-refractivity contribution >= 4 is 18.1 Å². The summed E-state index contributed by atoms with van der Waals surface area (Å²) in [7, 11) is 5.56. The number of aliphatic hydroxyl groups excluding tert-OH is 1. The van der Waals surface area contributed by atoms with E-state index in [0.717, 1.165) is 65.0 Å². The van der Waals surface area contributed by atoms with Crippen molar-refractivity contribution in [2.24, 2.45) is 0 Å². The van der Waals surface area contributed by atoms with Crippen molar-refractivity contribution < 1.29 is 38.4 Å². The van der Waals surface area contributed by atoms with Crippen LogP contribution in [0.2, 0.25) is 0 Å². The molecule has 4 aromatic rings. The second-order valence-electron chi connectivity index (χ2n) is 14.1. The first-order valence-corrected chi connectivity index (χ1v) is 18.5. The van der Waals surface area contributed by atoms with E-state index in [4.69, 9.17) is 18.9 Å². The Morgan fingerprint density at radius 1 is 0.800 bits per heavy atom. The highest BCUT2D eigenvalue weighted by Crippen LogP contribution is 2.45. The zero-order chi connectivity index (χ0) is 39.3. The highest BCUT2D eigenvalue weighted by atomic mass is 16.5. The molecule has 3 heterocycles. The van der Waals surface area contributed by atoms with Gasteiger partial charge in [-0.2, -0.15) is 0 Å². The van der Waals surface area contributed by atoms with Crippen molar-refractivity contribution in [1.82, 2.24) is 35.8 Å². The predicted molar refractivity (Wildman–Crippen MR) is 205 cm³/mol. The number of aliphatic hydroxyl groups is 1. The Morgan fingerprint density at radius 2 is 1.38 bits per heavy atom. The van der Waals surface area contributed by atoms with Crippen LogP contribution < -0.4 is 16.0 Å². The van der Waals surface area contributed by atoms with Crippen molar-refractivity contribution in [2.75, 3.05) is 35.0 Å². The van der Waals surface area contributed by atoms with Crippen LogP contribution in [-0.2, 0) is 29.3 Å². The summed E-state index contributed by atoms with van der Waals surface area (Å²) in [6.07, 6.45) is 1.53. The maximum atomic E-state index is 13.6. The number of rotatable bonds is 15. The van der Waals surface area contributed by atoms with Crippen LogP contribution in [0.25, 0.3) is 33.6 Å². The van der Waals surface area contributed by atoms with Crippen molar-refractivity contribution in [3.8, 4) is 33.6 Å². The van der Waals surface area contributed by atoms with Gasteiger partial charge in [0.1, 0.15) is 18.1 Å². The first kappa shape index (κ1) is 39.5. The summed E-state index contributed by atoms with van der Waals surface area (Å²) < 4.78 is 20.3. The number of alkyl carbamates (subject to hydrolysis) is 2. The Hall–Kier alpha value is -5.22. The third-order valence-corrected chi connectivity index (χ3v) is 10.8. The first-order valence-electron chi connectivity index (χ1n) is 18.5. The van der Waals surface area contributed by atoms with E-state index >= 15 is 0 Å². The molecule has 6 atom stereocenters. The van der Waals surface area contributed by atoms with Crippen LogP contribution in [0.5, 0.6) is 0 Å². The first-order chi connectivity index (χ1) is 26.5. The van der Waals surface area contributed by atoms with Crippen LogP contribution in [0.3, 0.4) is 0 Å². The number of nitrogens with zero attached hydrogens (tertiary/aromatic N) is 2. The summed E-state index contributed by atoms with van der Waals surface area (Å²) in [5.74, 6) is 0.502. The van der Waals surface area contributed by atoms with E-state index in [0.29, 0.717) is 12.4 Å². The smallest absolute Gasteiger partial charge is 0.407 e. The van der Waals surface area contributed by atoms with Crippen LogP contribution >= 0.6 is 0 Å². The molecular weight excluding hydrogens is 706 g/mol. The number of hydrogen-bond donors (Lipinski definition) is 6. The van der Waals surface area contributed by atoms with Gasteiger partial charge in [-0.25, -0.2) is 14.6 Å². The summed E-state index contributed by atoms with van der Waals surface area (Å²) in [5.41, 5.74) is 6.28. The lowest BCUT2D eigenvalue weighted by Gasteiger charge is -2.31. The molecule has 1 aliphatic heterocycles. The molecule has 0 bridgehead atoms. The molecule has 55 heavy (non-hydrogen) atoms. The van der Waals surface area contributed by atoms with Crippen LogP contribution in [-0.4, -0.2) is 109 Å². The Labute approximate surface area is 320 Å². The average molecular weight is 758 g/mol. The third kappa shape index (κ3) is 8.70. The van der Waals surface area contributed by atoms with E-state index in [1.807, 2.05) is 24.3 Å². The SMILES string of the molecule is COC(=O)N[C@H](C(=O)N1CCC[C@H]1c1ccc(-c2ccc(-c3ccc(-c4cnc(C5(NC(O)[C@@H](NC(=O)OC)[C@@H](C)OC)CC5)[nH]4)cc3)cc2)[nH]1)[C@@H](C)OC. The van der Waals surface area contributed by atoms with Gasteiger partial charge in [0.2, 0.25) is 5.91 Å². The van der Waals surface area contributed by atoms with Gasteiger partial charge in [0, 0.05) is 32.2 Å². The van der Waals surface area contributed by atoms with E-state index in [2.05, 4.69) is 67.3 Å². The summed E-state index contributed by atoms with van der Waals surface area (Å²) in [6, 6.07) is 18.8. The lowest BCUT2D eigenvalue weighted by Crippen LogP contribution is -2.57. The quantitative estimate of drug-likeness (QED) is 0.0917. The standard InChI is InChI=1S/C40H51N7O8/c1-23(52-3)33(44-38(50)54-5)35(48)46-40(19-20-40)37-41-22-31(43-37)28-15-11-26(12-16-28)25-9-13-27(14-10-25)29-17-18-30(42-29)32-8-7-21-47(32)36(49)34(24(2)53-4)45-39(51)55-6/h9-18,22-24,32-35,42,46,48H,7-8,19-21H2,1-6H3,(H,41,43)(H,44,50)(H,45,51)/t23-,24-,32+,33+,34+,35?/m1/s1. The van der Waals surface area contributed by atoms with E-state index in [-0.39, 0.29) is 11.9 Å². The minimum atomic E-state index is -1.11. The molecule has 6 N–H and O–H groups in total. The second-order valence-corrected chi connectivity index (χ2v) is 14.1. The number of carbonyl (C=O) groups excluding carboxylic acids is 3. The van der Waals surface area contributed by atoms with Crippen LogP contribution in [0, 0.1) is 0 Å². The maximum absolute atomic E-state index is 13.6. The maximum Gasteiger partial charge on any atom is 0.407 e. The molecule has 2 fully saturated rings. The number of imidazole rings is 1. The lowest BCUT2D eigenvalue weighted by molar-refractivity contribution is -0.137. The molecule has 1 saturated heterocycles. The molecule has 1 saturated carbocycles. The number of nitrogens with one attached hydrogen (secondary N) is 5. The molecule has 0 spiro atoms. The number of amides is 3. The summed E-state index contributed by atoms with van der Waals surface area (Å²) in [4.78, 5) is 50.9. The van der Waals surface area contributed by atoms with E-state index in [1.54, 1.807) is 24.9 Å². The molecule has 0 radical (unpaired) electrons. The number of H-pyrrole nitrogens is 2. The summed E-state index contributed by atoms with van der Waals surface area (Å²) in [6.45, 7) is 4.09. The van der Waals surface area contributed by atoms with Gasteiger partial charge in [-0.1, -0.05) is 48.5 Å². The third-order valence-electron chi connectivity index (χ3n) is 10.8. The van der Waals surface area contributed by atoms with Gasteiger partial charge in [-0.05, 0) is 73.9 Å². The molecule has 1 aliphatic carbocycles. The second kappa shape index (κ2) is 17.1. The fraction of sp³-hybridized carbons (Fsp3) is 0.450. The fourth-order valence-corrected chi connectivity index (χ4v) is 7.15. The van der Waals surface area contributed by atoms with Crippen molar-refractivity contribution in [1.29, 1.82) is 0 Å². The van der Waals surface area contributed by atoms with Crippen molar-refractivity contribution in [3.05, 3.63) is 78.4 Å². The van der Waals surface area contributed by atoms with Crippen LogP contribution in [0.4, 0.5) is 9.59 Å². The minimum absolute atomic E-state index is 0.152. The normalized spacial score (nSPS) is 18.8. The van der Waals surface area contributed by atoms with Crippen molar-refractivity contribution in [3.63, 3.8) is 0 Å². The zero-order valence-electron chi connectivity index (χ0n) is 32.0. The zero-order valence-corrected chi connectivity index (χ0v) is 32.0. The number of likely N-dealkylation sites (tertiary alicyclic amines) is 1. The number of aromatic amines is 2. The molecule has 2 aromatic carbocycles. The molecule has 6 rings (SSSR count). The van der Waals surface area contributed by atoms with E-state index in [9.17, 15) is 19.5 Å². The minimum Gasteiger partial charge on any atom is -0.453 e. The van der Waals surface area contributed by atoms with Gasteiger partial charge in [0.15, 0.2) is 0 Å². The van der Waals surface area contributed by atoms with Gasteiger partial charge >= 0.3 is 12.2 Å². The molecule has 15 nitrogen and oxygen atoms in total. The Balaban J connectivity index is 1.10. The highest BCUT2D eigenvalue weighted by Gasteiger charge is 2.49. The number of ether oxygens (including phenoxy) is 4. The molecular formula is C40H51N7O8. The van der Waals surface area contributed by atoms with Crippen LogP contribution in [0.1, 0.15) is 57.1 Å². The Morgan fingerprint density at radius 3 is 1.96 bits per heavy atom. The predicted octanol–water partition coefficient (Wildman–Crippen LogP) is 4.82. The average Bonchev–Trinajstić information content (AvgIpc) is 3.62. The lowest BCUT2D eigenvalue weighted by atomic mass is 10.0. The molecule has 2 aromatic heterocycles. The number of hydrogen-bond acceptors (Lipinski definition) is 10. The van der Waals surface area contributed by atoms with E-state index in [1.165, 1.54) is 28.4 Å². The fourth-order valence-electron chi connectivity index (χ4n) is 7.15. The largest absolute Gasteiger partial charge is 0.453 e. The van der Waals surface area contributed by atoms with Crippen LogP contribution in [0.15, 0.2) is 66.9 Å². The molecule has 3 amide bonds. The molecule has 1 unspecified atom stereocenters. The van der Waals surface area contributed by atoms with Gasteiger partial charge in [-0.3, -0.25) is 10.1 Å². The summed E-state index contributed by atoms with van der Waals surface area (Å²) in [5, 5.41) is 19.6. The molecule has 294 valence electrons. The molecule has 2 aliphatic rings. The topological polar surface area (TPSA) is 192 Å². The van der Waals surface area contributed by atoms with E-state index < -0.39 is 48.2 Å². The monoisotopic (exact) mass is 757 g/mol. The highest BCUT2D eigenvalue weighted by molar-refractivity contribution is 5.87. The number of methoxy groups -OCH3 is 4.